The van der Waals surface area contributed by atoms with Gasteiger partial charge in [-0.15, -0.1) is 11.3 Å². The molecule has 3 heteroatoms. The number of rotatable bonds is 7. The van der Waals surface area contributed by atoms with Crippen molar-refractivity contribution in [1.29, 1.82) is 0 Å². The van der Waals surface area contributed by atoms with Gasteiger partial charge in [0, 0.05) is 31.0 Å². The van der Waals surface area contributed by atoms with Crippen molar-refractivity contribution in [2.24, 2.45) is 5.92 Å². The normalized spacial score (nSPS) is 13.3. The van der Waals surface area contributed by atoms with E-state index in [2.05, 4.69) is 36.7 Å². The summed E-state index contributed by atoms with van der Waals surface area (Å²) < 4.78 is 5.01. The number of ether oxygens (including phenoxy) is 1. The van der Waals surface area contributed by atoms with Crippen LogP contribution in [-0.4, -0.2) is 26.8 Å². The lowest BCUT2D eigenvalue weighted by Crippen LogP contribution is -2.27. The van der Waals surface area contributed by atoms with Crippen molar-refractivity contribution in [2.45, 2.75) is 19.8 Å². The molecule has 86 valence electrons. The van der Waals surface area contributed by atoms with E-state index >= 15 is 0 Å². The van der Waals surface area contributed by atoms with Crippen molar-refractivity contribution >= 4 is 11.3 Å². The lowest BCUT2D eigenvalue weighted by molar-refractivity contribution is 0.198. The molecule has 1 N–H and O–H groups in total. The summed E-state index contributed by atoms with van der Waals surface area (Å²) in [6.45, 7) is 7.33. The molecule has 1 aromatic heterocycles. The van der Waals surface area contributed by atoms with Gasteiger partial charge in [0.05, 0.1) is 6.61 Å². The van der Waals surface area contributed by atoms with E-state index in [0.29, 0.717) is 11.8 Å². The second kappa shape index (κ2) is 6.99. The average Bonchev–Trinajstić information content (AvgIpc) is 2.70. The Kier molecular flexibility index (Phi) is 5.91. The second-order valence-corrected chi connectivity index (χ2v) is 5.04. The van der Waals surface area contributed by atoms with E-state index in [4.69, 9.17) is 4.74 Å². The Bertz CT molecular complexity index is 246. The van der Waals surface area contributed by atoms with Crippen LogP contribution in [0.2, 0.25) is 0 Å². The fraction of sp³-hybridized carbons (Fsp3) is 0.667. The van der Waals surface area contributed by atoms with Crippen LogP contribution in [-0.2, 0) is 4.74 Å². The van der Waals surface area contributed by atoms with Crippen molar-refractivity contribution in [3.63, 3.8) is 0 Å². The summed E-state index contributed by atoms with van der Waals surface area (Å²) >= 11 is 1.85. The van der Waals surface area contributed by atoms with Crippen LogP contribution in [0.3, 0.4) is 0 Å². The monoisotopic (exact) mass is 227 g/mol. The summed E-state index contributed by atoms with van der Waals surface area (Å²) in [5.41, 5.74) is 0. The first kappa shape index (κ1) is 12.7. The lowest BCUT2D eigenvalue weighted by atomic mass is 9.94. The minimum Gasteiger partial charge on any atom is -0.383 e. The second-order valence-electron chi connectivity index (χ2n) is 4.06. The summed E-state index contributed by atoms with van der Waals surface area (Å²) in [6, 6.07) is 4.36. The molecule has 0 aromatic carbocycles. The predicted octanol–water partition coefficient (Wildman–Crippen LogP) is 2.72. The highest BCUT2D eigenvalue weighted by molar-refractivity contribution is 7.10. The van der Waals surface area contributed by atoms with Crippen molar-refractivity contribution in [3.8, 4) is 0 Å². The molecule has 0 aliphatic carbocycles. The third kappa shape index (κ3) is 4.33. The van der Waals surface area contributed by atoms with Gasteiger partial charge >= 0.3 is 0 Å². The largest absolute Gasteiger partial charge is 0.383 e. The van der Waals surface area contributed by atoms with Gasteiger partial charge in [-0.2, -0.15) is 0 Å². The molecule has 1 atom stereocenters. The molecule has 1 rings (SSSR count). The van der Waals surface area contributed by atoms with Gasteiger partial charge in [0.15, 0.2) is 0 Å². The lowest BCUT2D eigenvalue weighted by Gasteiger charge is -2.20. The minimum atomic E-state index is 0.627. The van der Waals surface area contributed by atoms with Gasteiger partial charge in [0.25, 0.3) is 0 Å². The molecular weight excluding hydrogens is 206 g/mol. The van der Waals surface area contributed by atoms with Crippen molar-refractivity contribution in [3.05, 3.63) is 22.4 Å². The smallest absolute Gasteiger partial charge is 0.0587 e. The Hall–Kier alpha value is -0.380. The van der Waals surface area contributed by atoms with E-state index in [0.717, 1.165) is 19.7 Å². The molecule has 0 bridgehead atoms. The van der Waals surface area contributed by atoms with E-state index in [-0.39, 0.29) is 0 Å². The van der Waals surface area contributed by atoms with Crippen LogP contribution in [0.15, 0.2) is 17.5 Å². The standard InChI is InChI=1S/C12H21NOS/c1-10(2)11(9-13-6-7-14-3)12-5-4-8-15-12/h4-5,8,10-11,13H,6-7,9H2,1-3H3. The predicted molar refractivity (Wildman–Crippen MR) is 66.6 cm³/mol. The summed E-state index contributed by atoms with van der Waals surface area (Å²) in [7, 11) is 1.74. The molecule has 0 spiro atoms. The van der Waals surface area contributed by atoms with Gasteiger partial charge in [0.2, 0.25) is 0 Å². The van der Waals surface area contributed by atoms with Gasteiger partial charge < -0.3 is 10.1 Å². The van der Waals surface area contributed by atoms with Gasteiger partial charge in [-0.25, -0.2) is 0 Å². The highest BCUT2D eigenvalue weighted by Gasteiger charge is 2.15. The quantitative estimate of drug-likeness (QED) is 0.723. The molecule has 1 unspecified atom stereocenters. The van der Waals surface area contributed by atoms with E-state index in [1.54, 1.807) is 7.11 Å². The molecule has 0 aliphatic heterocycles. The molecular formula is C12H21NOS. The number of hydrogen-bond donors (Lipinski definition) is 1. The zero-order valence-corrected chi connectivity index (χ0v) is 10.6. The zero-order chi connectivity index (χ0) is 11.1. The number of methoxy groups -OCH3 is 1. The molecule has 2 nitrogen and oxygen atoms in total. The molecule has 0 amide bonds. The van der Waals surface area contributed by atoms with Crippen LogP contribution in [0.5, 0.6) is 0 Å². The van der Waals surface area contributed by atoms with Crippen molar-refractivity contribution in [2.75, 3.05) is 26.8 Å². The van der Waals surface area contributed by atoms with Crippen LogP contribution in [0.25, 0.3) is 0 Å². The van der Waals surface area contributed by atoms with Crippen LogP contribution >= 0.6 is 11.3 Å². The first-order valence-corrected chi connectivity index (χ1v) is 6.36. The van der Waals surface area contributed by atoms with E-state index in [1.165, 1.54) is 4.88 Å². The summed E-state index contributed by atoms with van der Waals surface area (Å²) in [5, 5.41) is 5.59. The number of nitrogens with one attached hydrogen (secondary N) is 1. The molecule has 0 saturated heterocycles. The van der Waals surface area contributed by atoms with E-state index in [1.807, 2.05) is 11.3 Å². The maximum atomic E-state index is 5.01. The zero-order valence-electron chi connectivity index (χ0n) is 9.82. The van der Waals surface area contributed by atoms with E-state index < -0.39 is 0 Å². The minimum absolute atomic E-state index is 0.627. The highest BCUT2D eigenvalue weighted by atomic mass is 32.1. The number of thiophene rings is 1. The number of hydrogen-bond acceptors (Lipinski definition) is 3. The maximum Gasteiger partial charge on any atom is 0.0587 e. The third-order valence-electron chi connectivity index (χ3n) is 2.56. The maximum absolute atomic E-state index is 5.01. The van der Waals surface area contributed by atoms with Crippen LogP contribution in [0.1, 0.15) is 24.6 Å². The van der Waals surface area contributed by atoms with Gasteiger partial charge in [-0.3, -0.25) is 0 Å². The summed E-state index contributed by atoms with van der Waals surface area (Å²) in [4.78, 5) is 1.48. The molecule has 0 aliphatic rings. The molecule has 0 fully saturated rings. The molecule has 1 aromatic rings. The first-order chi connectivity index (χ1) is 7.25. The van der Waals surface area contributed by atoms with Gasteiger partial charge in [0.1, 0.15) is 0 Å². The molecule has 0 radical (unpaired) electrons. The molecule has 15 heavy (non-hydrogen) atoms. The third-order valence-corrected chi connectivity index (χ3v) is 3.56. The average molecular weight is 227 g/mol. The van der Waals surface area contributed by atoms with Crippen molar-refractivity contribution in [1.82, 2.24) is 5.32 Å². The Morgan fingerprint density at radius 3 is 2.80 bits per heavy atom. The molecule has 1 heterocycles. The van der Waals surface area contributed by atoms with Crippen molar-refractivity contribution < 1.29 is 4.74 Å². The Balaban J connectivity index is 2.39. The van der Waals surface area contributed by atoms with Crippen LogP contribution in [0, 0.1) is 5.92 Å². The van der Waals surface area contributed by atoms with Crippen LogP contribution in [0.4, 0.5) is 0 Å². The Labute approximate surface area is 96.7 Å². The topological polar surface area (TPSA) is 21.3 Å². The fourth-order valence-electron chi connectivity index (χ4n) is 1.60. The van der Waals surface area contributed by atoms with Gasteiger partial charge in [-0.1, -0.05) is 19.9 Å². The molecule has 0 saturated carbocycles. The Morgan fingerprint density at radius 2 is 2.27 bits per heavy atom. The van der Waals surface area contributed by atoms with Gasteiger partial charge in [-0.05, 0) is 17.4 Å². The SMILES string of the molecule is COCCNCC(c1cccs1)C(C)C. The fourth-order valence-corrected chi connectivity index (χ4v) is 2.60. The summed E-state index contributed by atoms with van der Waals surface area (Å²) in [6.07, 6.45) is 0. The van der Waals surface area contributed by atoms with E-state index in [9.17, 15) is 0 Å². The first-order valence-electron chi connectivity index (χ1n) is 5.48. The van der Waals surface area contributed by atoms with Crippen LogP contribution < -0.4 is 5.32 Å². The highest BCUT2D eigenvalue weighted by Crippen LogP contribution is 2.27. The Morgan fingerprint density at radius 1 is 1.47 bits per heavy atom. The summed E-state index contributed by atoms with van der Waals surface area (Å²) in [5.74, 6) is 1.31.